The third kappa shape index (κ3) is 2.44. The molecule has 3 heterocycles. The van der Waals surface area contributed by atoms with Gasteiger partial charge in [0, 0.05) is 41.7 Å². The predicted octanol–water partition coefficient (Wildman–Crippen LogP) is 2.70. The SMILES string of the molecule is c1ccc2c(c1)SCC2CN1CCC2CCC(C1)N2. The highest BCUT2D eigenvalue weighted by Gasteiger charge is 2.31. The molecule has 1 aromatic carbocycles. The second kappa shape index (κ2) is 5.12. The van der Waals surface area contributed by atoms with Crippen LogP contribution < -0.4 is 5.32 Å². The molecule has 0 saturated carbocycles. The topological polar surface area (TPSA) is 15.3 Å². The van der Waals surface area contributed by atoms with E-state index in [1.54, 1.807) is 5.56 Å². The van der Waals surface area contributed by atoms with E-state index in [0.29, 0.717) is 0 Å². The molecular formula is C16H22N2S. The van der Waals surface area contributed by atoms with Crippen molar-refractivity contribution >= 4 is 11.8 Å². The van der Waals surface area contributed by atoms with Gasteiger partial charge in [-0.15, -0.1) is 11.8 Å². The Morgan fingerprint density at radius 3 is 3.05 bits per heavy atom. The number of benzene rings is 1. The highest BCUT2D eigenvalue weighted by Crippen LogP contribution is 2.39. The van der Waals surface area contributed by atoms with Crippen molar-refractivity contribution < 1.29 is 0 Å². The van der Waals surface area contributed by atoms with Crippen LogP contribution in [0.3, 0.4) is 0 Å². The van der Waals surface area contributed by atoms with Gasteiger partial charge in [0.1, 0.15) is 0 Å². The molecule has 0 aromatic heterocycles. The third-order valence-electron chi connectivity index (χ3n) is 4.88. The molecule has 1 aromatic rings. The molecule has 2 fully saturated rings. The molecule has 4 rings (SSSR count). The summed E-state index contributed by atoms with van der Waals surface area (Å²) in [5, 5.41) is 3.78. The molecule has 3 atom stereocenters. The van der Waals surface area contributed by atoms with E-state index in [1.807, 2.05) is 11.8 Å². The van der Waals surface area contributed by atoms with Crippen molar-refractivity contribution in [3.63, 3.8) is 0 Å². The number of nitrogens with one attached hydrogen (secondary N) is 1. The summed E-state index contributed by atoms with van der Waals surface area (Å²) in [7, 11) is 0. The van der Waals surface area contributed by atoms with Crippen molar-refractivity contribution in [1.82, 2.24) is 10.2 Å². The molecule has 0 amide bonds. The van der Waals surface area contributed by atoms with Crippen LogP contribution in [0.5, 0.6) is 0 Å². The number of hydrogen-bond acceptors (Lipinski definition) is 3. The van der Waals surface area contributed by atoms with Crippen LogP contribution in [0.4, 0.5) is 0 Å². The predicted molar refractivity (Wildman–Crippen MR) is 80.9 cm³/mol. The zero-order valence-corrected chi connectivity index (χ0v) is 12.2. The largest absolute Gasteiger partial charge is 0.310 e. The van der Waals surface area contributed by atoms with E-state index >= 15 is 0 Å². The lowest BCUT2D eigenvalue weighted by molar-refractivity contribution is 0.248. The summed E-state index contributed by atoms with van der Waals surface area (Å²) < 4.78 is 0. The van der Waals surface area contributed by atoms with E-state index in [1.165, 1.54) is 49.5 Å². The summed E-state index contributed by atoms with van der Waals surface area (Å²) in [6, 6.07) is 10.6. The van der Waals surface area contributed by atoms with Crippen LogP contribution in [-0.4, -0.2) is 42.4 Å². The number of rotatable bonds is 2. The van der Waals surface area contributed by atoms with Crippen LogP contribution in [0.25, 0.3) is 0 Å². The van der Waals surface area contributed by atoms with E-state index in [4.69, 9.17) is 0 Å². The number of fused-ring (bicyclic) bond motifs is 3. The second-order valence-corrected chi connectivity index (χ2v) is 7.29. The number of thioether (sulfide) groups is 1. The standard InChI is InChI=1S/C16H22N2S/c1-2-4-16-15(3-1)12(11-19-16)9-18-8-7-13-5-6-14(10-18)17-13/h1-4,12-14,17H,5-11H2. The Hall–Kier alpha value is -0.510. The lowest BCUT2D eigenvalue weighted by atomic mass is 10.00. The molecular weight excluding hydrogens is 252 g/mol. The Kier molecular flexibility index (Phi) is 3.30. The Balaban J connectivity index is 1.45. The highest BCUT2D eigenvalue weighted by molar-refractivity contribution is 7.99. The summed E-state index contributed by atoms with van der Waals surface area (Å²) >= 11 is 2.04. The molecule has 1 N–H and O–H groups in total. The lowest BCUT2D eigenvalue weighted by Crippen LogP contribution is -2.37. The zero-order chi connectivity index (χ0) is 12.7. The quantitative estimate of drug-likeness (QED) is 0.892. The lowest BCUT2D eigenvalue weighted by Gasteiger charge is -2.27. The first kappa shape index (κ1) is 12.2. The van der Waals surface area contributed by atoms with Crippen molar-refractivity contribution in [3.8, 4) is 0 Å². The van der Waals surface area contributed by atoms with Gasteiger partial charge in [-0.05, 0) is 37.4 Å². The molecule has 0 radical (unpaired) electrons. The maximum atomic E-state index is 3.78. The fraction of sp³-hybridized carbons (Fsp3) is 0.625. The van der Waals surface area contributed by atoms with Gasteiger partial charge in [-0.2, -0.15) is 0 Å². The summed E-state index contributed by atoms with van der Waals surface area (Å²) in [4.78, 5) is 4.23. The van der Waals surface area contributed by atoms with Gasteiger partial charge in [-0.3, -0.25) is 0 Å². The van der Waals surface area contributed by atoms with Crippen LogP contribution in [-0.2, 0) is 0 Å². The summed E-state index contributed by atoms with van der Waals surface area (Å²) in [6.45, 7) is 3.81. The first-order chi connectivity index (χ1) is 9.38. The van der Waals surface area contributed by atoms with Crippen molar-refractivity contribution in [2.24, 2.45) is 0 Å². The molecule has 0 spiro atoms. The molecule has 2 nitrogen and oxygen atoms in total. The molecule has 3 aliphatic rings. The molecule has 2 bridgehead atoms. The van der Waals surface area contributed by atoms with Gasteiger partial charge in [-0.1, -0.05) is 18.2 Å². The first-order valence-electron chi connectivity index (χ1n) is 7.58. The smallest absolute Gasteiger partial charge is 0.0198 e. The summed E-state index contributed by atoms with van der Waals surface area (Å²) in [6.07, 6.45) is 4.13. The third-order valence-corrected chi connectivity index (χ3v) is 6.14. The van der Waals surface area contributed by atoms with Gasteiger partial charge in [-0.25, -0.2) is 0 Å². The Labute approximate surface area is 119 Å². The molecule has 19 heavy (non-hydrogen) atoms. The maximum Gasteiger partial charge on any atom is 0.0198 e. The Morgan fingerprint density at radius 1 is 1.16 bits per heavy atom. The average Bonchev–Trinajstić information content (AvgIpc) is 2.97. The zero-order valence-electron chi connectivity index (χ0n) is 11.3. The first-order valence-corrected chi connectivity index (χ1v) is 8.57. The fourth-order valence-electron chi connectivity index (χ4n) is 3.87. The van der Waals surface area contributed by atoms with Gasteiger partial charge in [0.25, 0.3) is 0 Å². The molecule has 0 aliphatic carbocycles. The van der Waals surface area contributed by atoms with Crippen LogP contribution in [0.2, 0.25) is 0 Å². The van der Waals surface area contributed by atoms with E-state index < -0.39 is 0 Å². The van der Waals surface area contributed by atoms with Crippen molar-refractivity contribution in [3.05, 3.63) is 29.8 Å². The summed E-state index contributed by atoms with van der Waals surface area (Å²) in [5.74, 6) is 2.02. The average molecular weight is 274 g/mol. The van der Waals surface area contributed by atoms with Crippen LogP contribution >= 0.6 is 11.8 Å². The van der Waals surface area contributed by atoms with E-state index in [0.717, 1.165) is 18.0 Å². The molecule has 3 aliphatic heterocycles. The molecule has 2 saturated heterocycles. The molecule has 102 valence electrons. The minimum Gasteiger partial charge on any atom is -0.310 e. The van der Waals surface area contributed by atoms with E-state index in [2.05, 4.69) is 34.5 Å². The number of hydrogen-bond donors (Lipinski definition) is 1. The van der Waals surface area contributed by atoms with Gasteiger partial charge in [0.2, 0.25) is 0 Å². The second-order valence-electron chi connectivity index (χ2n) is 6.23. The number of likely N-dealkylation sites (tertiary alicyclic amines) is 1. The molecule has 3 unspecified atom stereocenters. The van der Waals surface area contributed by atoms with Crippen molar-refractivity contribution in [2.45, 2.75) is 42.2 Å². The van der Waals surface area contributed by atoms with E-state index in [9.17, 15) is 0 Å². The fourth-order valence-corrected chi connectivity index (χ4v) is 5.12. The highest BCUT2D eigenvalue weighted by atomic mass is 32.2. The monoisotopic (exact) mass is 274 g/mol. The normalized spacial score (nSPS) is 34.2. The van der Waals surface area contributed by atoms with Crippen LogP contribution in [0, 0.1) is 0 Å². The Morgan fingerprint density at radius 2 is 2.05 bits per heavy atom. The van der Waals surface area contributed by atoms with Crippen molar-refractivity contribution in [1.29, 1.82) is 0 Å². The van der Waals surface area contributed by atoms with Crippen molar-refractivity contribution in [2.75, 3.05) is 25.4 Å². The van der Waals surface area contributed by atoms with Gasteiger partial charge < -0.3 is 10.2 Å². The minimum atomic E-state index is 0.748. The Bertz CT molecular complexity index is 462. The summed E-state index contributed by atoms with van der Waals surface area (Å²) in [5.41, 5.74) is 1.59. The van der Waals surface area contributed by atoms with Gasteiger partial charge >= 0.3 is 0 Å². The van der Waals surface area contributed by atoms with Crippen LogP contribution in [0.1, 0.15) is 30.7 Å². The minimum absolute atomic E-state index is 0.748. The van der Waals surface area contributed by atoms with Gasteiger partial charge in [0.15, 0.2) is 0 Å². The van der Waals surface area contributed by atoms with Crippen LogP contribution in [0.15, 0.2) is 29.2 Å². The van der Waals surface area contributed by atoms with E-state index in [-0.39, 0.29) is 0 Å². The van der Waals surface area contributed by atoms with Gasteiger partial charge in [0.05, 0.1) is 0 Å². The maximum absolute atomic E-state index is 3.78. The molecule has 3 heteroatoms. The number of nitrogens with zero attached hydrogens (tertiary/aromatic N) is 1.